The maximum Gasteiger partial charge on any atom is 0.227 e. The van der Waals surface area contributed by atoms with Gasteiger partial charge in [0.1, 0.15) is 5.82 Å². The van der Waals surface area contributed by atoms with Gasteiger partial charge in [-0.3, -0.25) is 9.89 Å². The van der Waals surface area contributed by atoms with E-state index in [0.717, 1.165) is 36.2 Å². The van der Waals surface area contributed by atoms with Crippen LogP contribution in [0.3, 0.4) is 0 Å². The Morgan fingerprint density at radius 2 is 1.95 bits per heavy atom. The summed E-state index contributed by atoms with van der Waals surface area (Å²) in [5, 5.41) is 11.5. The number of hydrogen-bond acceptors (Lipinski definition) is 8. The van der Waals surface area contributed by atoms with Gasteiger partial charge in [0.2, 0.25) is 11.9 Å². The summed E-state index contributed by atoms with van der Waals surface area (Å²) in [5.74, 6) is 2.45. The lowest BCUT2D eigenvalue weighted by atomic mass is 10.1. The van der Waals surface area contributed by atoms with E-state index < -0.39 is 5.82 Å². The zero-order chi connectivity index (χ0) is 25.8. The van der Waals surface area contributed by atoms with Crippen molar-refractivity contribution in [3.8, 4) is 5.82 Å². The zero-order valence-corrected chi connectivity index (χ0v) is 20.7. The first kappa shape index (κ1) is 23.1. The molecule has 1 saturated heterocycles. The highest BCUT2D eigenvalue weighted by Crippen LogP contribution is 2.52. The van der Waals surface area contributed by atoms with Crippen LogP contribution in [-0.4, -0.2) is 53.9 Å². The van der Waals surface area contributed by atoms with Gasteiger partial charge in [0.05, 0.1) is 18.4 Å². The Morgan fingerprint density at radius 1 is 1.16 bits per heavy atom. The molecule has 2 unspecified atom stereocenters. The number of carbonyl (C=O) groups excluding carboxylic acids is 1. The molecule has 3 N–H and O–H groups in total. The third-order valence-corrected chi connectivity index (χ3v) is 7.25. The van der Waals surface area contributed by atoms with E-state index in [4.69, 9.17) is 15.7 Å². The second-order valence-corrected chi connectivity index (χ2v) is 9.84. The van der Waals surface area contributed by atoms with Crippen LogP contribution in [0.25, 0.3) is 5.82 Å². The van der Waals surface area contributed by atoms with Crippen LogP contribution in [-0.2, 0) is 4.79 Å². The Bertz CT molecular complexity index is 1450. The molecule has 2 aliphatic rings. The fourth-order valence-corrected chi connectivity index (χ4v) is 5.31. The monoisotopic (exact) mass is 502 g/mol. The number of fused-ring (bicyclic) bond motifs is 1. The number of halogens is 1. The molecule has 11 nitrogen and oxygen atoms in total. The van der Waals surface area contributed by atoms with E-state index >= 15 is 0 Å². The number of aromatic amines is 1. The van der Waals surface area contributed by atoms with Gasteiger partial charge in [-0.25, -0.2) is 19.0 Å². The summed E-state index contributed by atoms with van der Waals surface area (Å²) in [6.45, 7) is 7.38. The minimum atomic E-state index is -0.422. The van der Waals surface area contributed by atoms with Crippen molar-refractivity contribution in [2.75, 3.05) is 22.9 Å². The fourth-order valence-electron chi connectivity index (χ4n) is 5.31. The van der Waals surface area contributed by atoms with E-state index in [-0.39, 0.29) is 29.7 Å². The van der Waals surface area contributed by atoms with Crippen molar-refractivity contribution in [3.63, 3.8) is 0 Å². The Balaban J connectivity index is 1.32. The standard InChI is InChI=1S/C25H27FN10O/c1-13-6-21(31-25(30-13)34-11-18-19(12-34)23(18)24(27)37)36(22-7-14(2)32-33-22)15(3)16-4-5-20(28-8-16)35-10-17(26)9-29-35/h4-10,15,18-19,23H,11-12H2,1-3H3,(H2,27,37)(H,32,33)/t15-,18?,19?,23?/m0/s1. The van der Waals surface area contributed by atoms with Crippen molar-refractivity contribution in [1.29, 1.82) is 0 Å². The van der Waals surface area contributed by atoms with Crippen molar-refractivity contribution in [1.82, 2.24) is 34.9 Å². The predicted molar refractivity (Wildman–Crippen MR) is 134 cm³/mol. The number of aryl methyl sites for hydroxylation is 2. The summed E-state index contributed by atoms with van der Waals surface area (Å²) >= 11 is 0. The van der Waals surface area contributed by atoms with Crippen molar-refractivity contribution < 1.29 is 9.18 Å². The lowest BCUT2D eigenvalue weighted by Crippen LogP contribution is -2.30. The van der Waals surface area contributed by atoms with E-state index in [2.05, 4.69) is 25.2 Å². The van der Waals surface area contributed by atoms with Gasteiger partial charge in [-0.2, -0.15) is 15.2 Å². The smallest absolute Gasteiger partial charge is 0.227 e. The molecule has 4 aromatic rings. The second-order valence-electron chi connectivity index (χ2n) is 9.84. The first-order valence-corrected chi connectivity index (χ1v) is 12.2. The van der Waals surface area contributed by atoms with Crippen molar-refractivity contribution in [3.05, 3.63) is 65.6 Å². The van der Waals surface area contributed by atoms with E-state index in [0.29, 0.717) is 23.4 Å². The summed E-state index contributed by atoms with van der Waals surface area (Å²) in [6, 6.07) is 7.44. The average molecular weight is 503 g/mol. The van der Waals surface area contributed by atoms with E-state index in [1.54, 1.807) is 12.3 Å². The van der Waals surface area contributed by atoms with Crippen LogP contribution >= 0.6 is 0 Å². The molecule has 190 valence electrons. The number of amides is 1. The molecule has 37 heavy (non-hydrogen) atoms. The minimum Gasteiger partial charge on any atom is -0.369 e. The molecule has 3 atom stereocenters. The first-order valence-electron chi connectivity index (χ1n) is 12.2. The molecule has 1 amide bonds. The quantitative estimate of drug-likeness (QED) is 0.394. The van der Waals surface area contributed by atoms with Crippen LogP contribution in [0.1, 0.15) is 29.9 Å². The molecule has 0 radical (unpaired) electrons. The number of nitrogens with two attached hydrogens (primary N) is 1. The molecule has 4 aromatic heterocycles. The van der Waals surface area contributed by atoms with Crippen LogP contribution in [0.15, 0.2) is 42.9 Å². The molecule has 12 heteroatoms. The predicted octanol–water partition coefficient (Wildman–Crippen LogP) is 2.60. The average Bonchev–Trinajstić information content (AvgIpc) is 3.26. The molecular formula is C25H27FN10O. The highest BCUT2D eigenvalue weighted by atomic mass is 19.1. The van der Waals surface area contributed by atoms with Crippen LogP contribution in [0.4, 0.5) is 22.0 Å². The molecule has 2 fully saturated rings. The number of primary amides is 1. The Morgan fingerprint density at radius 3 is 2.54 bits per heavy atom. The van der Waals surface area contributed by atoms with Crippen molar-refractivity contribution in [2.24, 2.45) is 23.5 Å². The molecule has 6 rings (SSSR count). The van der Waals surface area contributed by atoms with Crippen LogP contribution in [0.5, 0.6) is 0 Å². The Labute approximate surface area is 212 Å². The van der Waals surface area contributed by atoms with E-state index in [9.17, 15) is 9.18 Å². The molecule has 0 bridgehead atoms. The second kappa shape index (κ2) is 8.64. The Hall–Kier alpha value is -4.35. The van der Waals surface area contributed by atoms with Gasteiger partial charge in [0, 0.05) is 48.7 Å². The molecule has 0 aromatic carbocycles. The molecule has 5 heterocycles. The topological polar surface area (TPSA) is 135 Å². The first-order chi connectivity index (χ1) is 17.8. The number of hydrogen-bond donors (Lipinski definition) is 2. The summed E-state index contributed by atoms with van der Waals surface area (Å²) in [5.41, 5.74) is 8.19. The molecular weight excluding hydrogens is 475 g/mol. The van der Waals surface area contributed by atoms with E-state index in [1.165, 1.54) is 10.9 Å². The normalized spacial score (nSPS) is 21.1. The van der Waals surface area contributed by atoms with Crippen LogP contribution in [0.2, 0.25) is 0 Å². The van der Waals surface area contributed by atoms with Gasteiger partial charge in [-0.05, 0) is 44.2 Å². The highest BCUT2D eigenvalue weighted by molar-refractivity contribution is 5.81. The third kappa shape index (κ3) is 4.17. The van der Waals surface area contributed by atoms with Crippen LogP contribution < -0.4 is 15.5 Å². The maximum atomic E-state index is 13.4. The summed E-state index contributed by atoms with van der Waals surface area (Å²) in [4.78, 5) is 29.9. The van der Waals surface area contributed by atoms with E-state index in [1.807, 2.05) is 43.9 Å². The number of H-pyrrole nitrogens is 1. The summed E-state index contributed by atoms with van der Waals surface area (Å²) in [6.07, 6.45) is 4.18. The molecule has 1 saturated carbocycles. The van der Waals surface area contributed by atoms with Crippen LogP contribution in [0, 0.1) is 37.4 Å². The lowest BCUT2D eigenvalue weighted by Gasteiger charge is -2.30. The highest BCUT2D eigenvalue weighted by Gasteiger charge is 2.59. The number of aromatic nitrogens is 7. The number of piperidine rings is 1. The fraction of sp³-hybridized carbons (Fsp3) is 0.360. The number of nitrogens with zero attached hydrogens (tertiary/aromatic N) is 8. The third-order valence-electron chi connectivity index (χ3n) is 7.25. The van der Waals surface area contributed by atoms with Crippen molar-refractivity contribution in [2.45, 2.75) is 26.8 Å². The summed E-state index contributed by atoms with van der Waals surface area (Å²) < 4.78 is 14.8. The molecule has 1 aliphatic heterocycles. The van der Waals surface area contributed by atoms with Gasteiger partial charge < -0.3 is 15.5 Å². The number of anilines is 3. The van der Waals surface area contributed by atoms with Gasteiger partial charge in [-0.15, -0.1) is 0 Å². The Kier molecular flexibility index (Phi) is 5.39. The minimum absolute atomic E-state index is 0.0298. The van der Waals surface area contributed by atoms with Gasteiger partial charge in [0.15, 0.2) is 17.5 Å². The SMILES string of the molecule is Cc1cc(N(c2cc(C)[nH]n2)[C@@H](C)c2ccc(-n3cc(F)cn3)nc2)nc(N2CC3C(C2)C3C(N)=O)n1. The number of carbonyl (C=O) groups is 1. The number of rotatable bonds is 7. The molecule has 1 aliphatic carbocycles. The number of pyridine rings is 1. The lowest BCUT2D eigenvalue weighted by molar-refractivity contribution is -0.119. The molecule has 0 spiro atoms. The van der Waals surface area contributed by atoms with Gasteiger partial charge in [0.25, 0.3) is 0 Å². The summed E-state index contributed by atoms with van der Waals surface area (Å²) in [7, 11) is 0. The maximum absolute atomic E-state index is 13.4. The number of nitrogens with one attached hydrogen (secondary N) is 1. The van der Waals surface area contributed by atoms with Crippen molar-refractivity contribution >= 4 is 23.5 Å². The van der Waals surface area contributed by atoms with Gasteiger partial charge in [-0.1, -0.05) is 6.07 Å². The zero-order valence-electron chi connectivity index (χ0n) is 20.7. The largest absolute Gasteiger partial charge is 0.369 e. The van der Waals surface area contributed by atoms with Gasteiger partial charge >= 0.3 is 0 Å².